The molecule has 0 aliphatic heterocycles. The Labute approximate surface area is 121 Å². The van der Waals surface area contributed by atoms with E-state index in [-0.39, 0.29) is 5.56 Å². The van der Waals surface area contributed by atoms with Crippen molar-refractivity contribution in [2.75, 3.05) is 31.1 Å². The van der Waals surface area contributed by atoms with Gasteiger partial charge in [-0.3, -0.25) is 0 Å². The summed E-state index contributed by atoms with van der Waals surface area (Å²) in [5.74, 6) is -1.24. The first kappa shape index (κ1) is 18.2. The van der Waals surface area contributed by atoms with Gasteiger partial charge < -0.3 is 26.3 Å². The first-order valence-electron chi connectivity index (χ1n) is 6.99. The minimum atomic E-state index is -1.24. The molecule has 0 bridgehead atoms. The molecule has 1 rings (SSSR count). The molecule has 0 unspecified atom stereocenters. The summed E-state index contributed by atoms with van der Waals surface area (Å²) in [6, 6.07) is 1.55. The van der Waals surface area contributed by atoms with Crippen molar-refractivity contribution in [1.82, 2.24) is 0 Å². The molecule has 20 heavy (non-hydrogen) atoms. The standard InChI is InChI=1S/C9H12N2O2.C6H15N/c1-4-6(10)3-7(11)5(2)8(4)9(12)13;1-4-7(5-2)6-3/h3H,10-11H2,1-2H3,(H,12,13);4-6H2,1-3H3. The smallest absolute Gasteiger partial charge is 0.0742 e. The summed E-state index contributed by atoms with van der Waals surface area (Å²) in [5, 5.41) is 10.7. The molecule has 0 fully saturated rings. The van der Waals surface area contributed by atoms with Crippen molar-refractivity contribution in [2.24, 2.45) is 0 Å². The number of nitrogens with two attached hydrogens (primary N) is 2. The van der Waals surface area contributed by atoms with E-state index in [1.807, 2.05) is 0 Å². The summed E-state index contributed by atoms with van der Waals surface area (Å²) >= 11 is 0. The Morgan fingerprint density at radius 1 is 1.05 bits per heavy atom. The van der Waals surface area contributed by atoms with Gasteiger partial charge in [0.25, 0.3) is 0 Å². The van der Waals surface area contributed by atoms with E-state index in [0.29, 0.717) is 22.5 Å². The number of hydrogen-bond acceptors (Lipinski definition) is 4. The molecule has 1 aromatic carbocycles. The maximum atomic E-state index is 10.7. The molecular weight excluding hydrogens is 254 g/mol. The van der Waals surface area contributed by atoms with Gasteiger partial charge in [-0.2, -0.15) is 0 Å². The van der Waals surface area contributed by atoms with Crippen molar-refractivity contribution >= 4 is 17.3 Å². The van der Waals surface area contributed by atoms with Gasteiger partial charge >= 0.3 is 0 Å². The van der Waals surface area contributed by atoms with Crippen LogP contribution in [0.5, 0.6) is 0 Å². The Kier molecular flexibility index (Phi) is 7.69. The predicted octanol–water partition coefficient (Wildman–Crippen LogP) is -0.238. The average Bonchev–Trinajstić information content (AvgIpc) is 2.39. The minimum Gasteiger partial charge on any atom is -0.545 e. The van der Waals surface area contributed by atoms with E-state index in [0.717, 1.165) is 0 Å². The van der Waals surface area contributed by atoms with Gasteiger partial charge in [0, 0.05) is 16.9 Å². The van der Waals surface area contributed by atoms with E-state index >= 15 is 0 Å². The summed E-state index contributed by atoms with van der Waals surface area (Å²) in [6.45, 7) is 13.7. The first-order valence-corrected chi connectivity index (χ1v) is 6.99. The molecule has 0 radical (unpaired) electrons. The molecule has 0 atom stereocenters. The maximum Gasteiger partial charge on any atom is 0.0742 e. The van der Waals surface area contributed by atoms with Crippen LogP contribution in [0.1, 0.15) is 42.3 Å². The predicted molar refractivity (Wildman–Crippen MR) is 81.7 cm³/mol. The van der Waals surface area contributed by atoms with Gasteiger partial charge in [0.15, 0.2) is 0 Å². The van der Waals surface area contributed by atoms with Gasteiger partial charge in [0.2, 0.25) is 0 Å². The molecule has 5 nitrogen and oxygen atoms in total. The van der Waals surface area contributed by atoms with Crippen LogP contribution >= 0.6 is 0 Å². The summed E-state index contributed by atoms with van der Waals surface area (Å²) in [4.78, 5) is 12.4. The molecule has 5 heteroatoms. The zero-order valence-electron chi connectivity index (χ0n) is 13.2. The summed E-state index contributed by atoms with van der Waals surface area (Å²) in [5.41, 5.74) is 13.0. The summed E-state index contributed by atoms with van der Waals surface area (Å²) in [7, 11) is 0. The highest BCUT2D eigenvalue weighted by Crippen LogP contribution is 2.24. The average molecular weight is 281 g/mol. The number of anilines is 2. The maximum absolute atomic E-state index is 10.7. The fourth-order valence-corrected chi connectivity index (χ4v) is 2.01. The van der Waals surface area contributed by atoms with Crippen LogP contribution in [0.3, 0.4) is 0 Å². The highest BCUT2D eigenvalue weighted by Gasteiger charge is 2.09. The molecular formula is C15H27N3O2. The SMILES string of the molecule is CC[NH+](CC)CC.Cc1c(N)cc(N)c(C)c1C(=O)[O-]. The number of carbonyl (C=O) groups excluding carboxylic acids is 1. The van der Waals surface area contributed by atoms with Gasteiger partial charge in [-0.1, -0.05) is 0 Å². The molecule has 0 aromatic heterocycles. The lowest BCUT2D eigenvalue weighted by atomic mass is 10.00. The van der Waals surface area contributed by atoms with E-state index in [1.165, 1.54) is 19.6 Å². The largest absolute Gasteiger partial charge is 0.545 e. The molecule has 0 heterocycles. The Hall–Kier alpha value is -1.75. The highest BCUT2D eigenvalue weighted by atomic mass is 16.4. The Morgan fingerprint density at radius 2 is 1.40 bits per heavy atom. The second-order valence-corrected chi connectivity index (χ2v) is 4.78. The molecule has 0 amide bonds. The third-order valence-electron chi connectivity index (χ3n) is 3.63. The number of nitrogens with one attached hydrogen (secondary N) is 1. The van der Waals surface area contributed by atoms with Crippen molar-refractivity contribution in [3.8, 4) is 0 Å². The number of aromatic carboxylic acids is 1. The van der Waals surface area contributed by atoms with Crippen LogP contribution in [0, 0.1) is 13.8 Å². The molecule has 0 aliphatic rings. The number of nitrogen functional groups attached to an aromatic ring is 2. The molecule has 114 valence electrons. The zero-order valence-corrected chi connectivity index (χ0v) is 13.2. The highest BCUT2D eigenvalue weighted by molar-refractivity contribution is 5.93. The number of hydrogen-bond donors (Lipinski definition) is 3. The van der Waals surface area contributed by atoms with Gasteiger partial charge in [0.1, 0.15) is 0 Å². The number of carboxylic acids is 1. The number of carboxylic acid groups (broad SMARTS) is 1. The van der Waals surface area contributed by atoms with Crippen LogP contribution in [0.25, 0.3) is 0 Å². The minimum absolute atomic E-state index is 0.0949. The molecule has 5 N–H and O–H groups in total. The van der Waals surface area contributed by atoms with Crippen molar-refractivity contribution < 1.29 is 14.8 Å². The van der Waals surface area contributed by atoms with Crippen LogP contribution < -0.4 is 21.5 Å². The van der Waals surface area contributed by atoms with E-state index in [2.05, 4.69) is 20.8 Å². The van der Waals surface area contributed by atoms with Crippen LogP contribution in [-0.4, -0.2) is 25.6 Å². The third-order valence-corrected chi connectivity index (χ3v) is 3.63. The molecule has 0 spiro atoms. The van der Waals surface area contributed by atoms with E-state index in [4.69, 9.17) is 11.5 Å². The Morgan fingerprint density at radius 3 is 1.60 bits per heavy atom. The van der Waals surface area contributed by atoms with Crippen molar-refractivity contribution in [3.05, 3.63) is 22.8 Å². The lowest BCUT2D eigenvalue weighted by Crippen LogP contribution is -3.11. The second kappa shape index (κ2) is 8.43. The monoisotopic (exact) mass is 281 g/mol. The fourth-order valence-electron chi connectivity index (χ4n) is 2.01. The molecule has 0 aliphatic carbocycles. The van der Waals surface area contributed by atoms with Gasteiger partial charge in [0.05, 0.1) is 25.6 Å². The normalized spacial score (nSPS) is 10.1. The summed E-state index contributed by atoms with van der Waals surface area (Å²) < 4.78 is 0. The number of rotatable bonds is 4. The van der Waals surface area contributed by atoms with E-state index in [9.17, 15) is 9.90 Å². The van der Waals surface area contributed by atoms with E-state index < -0.39 is 5.97 Å². The summed E-state index contributed by atoms with van der Waals surface area (Å²) in [6.07, 6.45) is 0. The van der Waals surface area contributed by atoms with Crippen molar-refractivity contribution in [1.29, 1.82) is 0 Å². The quantitative estimate of drug-likeness (QED) is 0.664. The number of carbonyl (C=O) groups is 1. The lowest BCUT2D eigenvalue weighted by Gasteiger charge is -2.14. The fraction of sp³-hybridized carbons (Fsp3) is 0.533. The van der Waals surface area contributed by atoms with Gasteiger partial charge in [-0.25, -0.2) is 0 Å². The lowest BCUT2D eigenvalue weighted by molar-refractivity contribution is -0.894. The molecule has 1 aromatic rings. The third kappa shape index (κ3) is 4.74. The van der Waals surface area contributed by atoms with Crippen LogP contribution in [-0.2, 0) is 0 Å². The van der Waals surface area contributed by atoms with Crippen LogP contribution in [0.2, 0.25) is 0 Å². The van der Waals surface area contributed by atoms with Crippen LogP contribution in [0.4, 0.5) is 11.4 Å². The number of quaternary nitrogens is 1. The Balaban J connectivity index is 0.000000441. The van der Waals surface area contributed by atoms with Crippen molar-refractivity contribution in [3.63, 3.8) is 0 Å². The number of benzene rings is 1. The zero-order chi connectivity index (χ0) is 15.9. The van der Waals surface area contributed by atoms with E-state index in [1.54, 1.807) is 24.8 Å². The second-order valence-electron chi connectivity index (χ2n) is 4.78. The Bertz CT molecular complexity index is 423. The van der Waals surface area contributed by atoms with Crippen molar-refractivity contribution in [2.45, 2.75) is 34.6 Å². The van der Waals surface area contributed by atoms with Gasteiger partial charge in [-0.15, -0.1) is 0 Å². The molecule has 0 saturated carbocycles. The molecule has 0 saturated heterocycles. The van der Waals surface area contributed by atoms with Gasteiger partial charge in [-0.05, 0) is 51.8 Å². The topological polar surface area (TPSA) is 96.6 Å². The van der Waals surface area contributed by atoms with Crippen LogP contribution in [0.15, 0.2) is 6.07 Å². The first-order chi connectivity index (χ1) is 9.29.